The Morgan fingerprint density at radius 2 is 1.03 bits per heavy atom. The van der Waals surface area contributed by atoms with E-state index in [9.17, 15) is 45.6 Å². The molecule has 2 fully saturated rings. The molecule has 14 heteroatoms. The van der Waals surface area contributed by atoms with Gasteiger partial charge in [0.1, 0.15) is 48.8 Å². The van der Waals surface area contributed by atoms with Crippen LogP contribution in [0.1, 0.15) is 187 Å². The molecule has 0 aliphatic carbocycles. The molecule has 0 aromatic carbocycles. The number of ether oxygens (including phenoxy) is 4. The number of aliphatic hydroxyl groups is 8. The fourth-order valence-electron chi connectivity index (χ4n) is 8.52. The first-order chi connectivity index (χ1) is 32.6. The van der Waals surface area contributed by atoms with Crippen LogP contribution in [-0.4, -0.2) is 140 Å². The Morgan fingerprint density at radius 3 is 1.58 bits per heavy atom. The third-order valence-electron chi connectivity index (χ3n) is 12.8. The van der Waals surface area contributed by atoms with Gasteiger partial charge in [-0.2, -0.15) is 0 Å². The molecular formula is C53H95NO13. The maximum absolute atomic E-state index is 13.2. The van der Waals surface area contributed by atoms with E-state index in [0.29, 0.717) is 19.3 Å². The smallest absolute Gasteiger partial charge is 0.220 e. The third kappa shape index (κ3) is 26.7. The highest BCUT2D eigenvalue weighted by atomic mass is 16.7. The van der Waals surface area contributed by atoms with E-state index in [0.717, 1.165) is 77.0 Å². The highest BCUT2D eigenvalue weighted by Crippen LogP contribution is 2.30. The number of hydrogen-bond donors (Lipinski definition) is 9. The molecule has 0 aromatic rings. The van der Waals surface area contributed by atoms with Crippen molar-refractivity contribution in [2.24, 2.45) is 0 Å². The molecule has 390 valence electrons. The minimum absolute atomic E-state index is 0.218. The van der Waals surface area contributed by atoms with Crippen LogP contribution in [0.4, 0.5) is 0 Å². The number of rotatable bonds is 40. The lowest BCUT2D eigenvalue weighted by Crippen LogP contribution is -2.65. The van der Waals surface area contributed by atoms with Crippen molar-refractivity contribution < 1.29 is 64.6 Å². The van der Waals surface area contributed by atoms with Crippen molar-refractivity contribution in [3.8, 4) is 0 Å². The fraction of sp³-hybridized carbons (Fsp3) is 0.830. The molecule has 1 amide bonds. The number of unbranched alkanes of at least 4 members (excludes halogenated alkanes) is 19. The molecule has 67 heavy (non-hydrogen) atoms. The van der Waals surface area contributed by atoms with Gasteiger partial charge < -0.3 is 65.1 Å². The molecule has 2 aliphatic rings. The summed E-state index contributed by atoms with van der Waals surface area (Å²) in [5.74, 6) is -0.218. The second kappa shape index (κ2) is 39.6. The van der Waals surface area contributed by atoms with Gasteiger partial charge in [0.05, 0.1) is 32.0 Å². The van der Waals surface area contributed by atoms with Crippen molar-refractivity contribution in [3.05, 3.63) is 48.6 Å². The average molecular weight is 954 g/mol. The van der Waals surface area contributed by atoms with E-state index < -0.39 is 86.8 Å². The van der Waals surface area contributed by atoms with Crippen LogP contribution in [0.3, 0.4) is 0 Å². The summed E-state index contributed by atoms with van der Waals surface area (Å²) < 4.78 is 22.7. The zero-order valence-electron chi connectivity index (χ0n) is 41.4. The largest absolute Gasteiger partial charge is 0.394 e. The Hall–Kier alpha value is -2.05. The normalized spacial score (nSPS) is 27.0. The minimum atomic E-state index is -1.78. The molecule has 0 aromatic heterocycles. The van der Waals surface area contributed by atoms with Crippen molar-refractivity contribution in [2.45, 2.75) is 261 Å². The zero-order valence-corrected chi connectivity index (χ0v) is 41.4. The van der Waals surface area contributed by atoms with Crippen molar-refractivity contribution in [1.82, 2.24) is 5.32 Å². The number of aliphatic hydroxyl groups excluding tert-OH is 8. The molecular weight excluding hydrogens is 859 g/mol. The Labute approximate surface area is 403 Å². The van der Waals surface area contributed by atoms with Gasteiger partial charge in [0.25, 0.3) is 0 Å². The summed E-state index contributed by atoms with van der Waals surface area (Å²) in [7, 11) is 0. The average Bonchev–Trinajstić information content (AvgIpc) is 3.32. The van der Waals surface area contributed by atoms with E-state index in [1.54, 1.807) is 0 Å². The predicted molar refractivity (Wildman–Crippen MR) is 263 cm³/mol. The van der Waals surface area contributed by atoms with Crippen LogP contribution in [0.5, 0.6) is 0 Å². The number of allylic oxidation sites excluding steroid dienone is 8. The lowest BCUT2D eigenvalue weighted by atomic mass is 9.97. The summed E-state index contributed by atoms with van der Waals surface area (Å²) in [6, 6.07) is -0.833. The number of hydrogen-bond acceptors (Lipinski definition) is 13. The number of carbonyl (C=O) groups excluding carboxylic acids is 1. The highest BCUT2D eigenvalue weighted by molar-refractivity contribution is 5.76. The summed E-state index contributed by atoms with van der Waals surface area (Å²) >= 11 is 0. The van der Waals surface area contributed by atoms with Gasteiger partial charge in [-0.05, 0) is 51.4 Å². The van der Waals surface area contributed by atoms with E-state index in [1.807, 2.05) is 0 Å². The van der Waals surface area contributed by atoms with E-state index in [4.69, 9.17) is 18.9 Å². The van der Waals surface area contributed by atoms with Crippen LogP contribution >= 0.6 is 0 Å². The first-order valence-corrected chi connectivity index (χ1v) is 26.4. The van der Waals surface area contributed by atoms with Crippen LogP contribution in [0.2, 0.25) is 0 Å². The maximum Gasteiger partial charge on any atom is 0.220 e. The predicted octanol–water partition coefficient (Wildman–Crippen LogP) is 7.27. The molecule has 2 aliphatic heterocycles. The van der Waals surface area contributed by atoms with E-state index in [1.165, 1.54) is 77.0 Å². The van der Waals surface area contributed by atoms with Crippen LogP contribution in [0, 0.1) is 0 Å². The highest BCUT2D eigenvalue weighted by Gasteiger charge is 2.51. The number of carbonyl (C=O) groups is 1. The molecule has 0 bridgehead atoms. The lowest BCUT2D eigenvalue weighted by molar-refractivity contribution is -0.359. The molecule has 0 saturated carbocycles. The Bertz CT molecular complexity index is 1310. The summed E-state index contributed by atoms with van der Waals surface area (Å²) in [4.78, 5) is 13.2. The topological polar surface area (TPSA) is 228 Å². The lowest BCUT2D eigenvalue weighted by Gasteiger charge is -2.46. The third-order valence-corrected chi connectivity index (χ3v) is 12.8. The van der Waals surface area contributed by atoms with Crippen molar-refractivity contribution in [3.63, 3.8) is 0 Å². The monoisotopic (exact) mass is 954 g/mol. The van der Waals surface area contributed by atoms with Gasteiger partial charge in [0.15, 0.2) is 12.6 Å². The fourth-order valence-corrected chi connectivity index (χ4v) is 8.52. The standard InChI is InChI=1S/C53H95NO13/c1-3-5-7-9-11-13-15-17-18-19-20-21-22-23-24-25-27-29-31-33-35-37-45(58)54-41(42(57)36-34-32-30-28-26-16-14-12-10-8-6-4-2)40-64-52-50(63)48(61)51(44(39-56)66-52)67-53-49(62)47(60)46(59)43(38-55)65-53/h5,7,11,13,17-18,20-21,41-44,46-53,55-57,59-63H,3-4,6,8-10,12,14-16,19,22-40H2,1-2H3,(H,54,58)/b7-5-,13-11-,18-17-,21-20-. The summed E-state index contributed by atoms with van der Waals surface area (Å²) in [5, 5.41) is 86.9. The first kappa shape index (κ1) is 61.1. The Morgan fingerprint density at radius 1 is 0.552 bits per heavy atom. The first-order valence-electron chi connectivity index (χ1n) is 26.4. The summed E-state index contributed by atoms with van der Waals surface area (Å²) in [6.07, 6.45) is 29.6. The molecule has 2 saturated heterocycles. The van der Waals surface area contributed by atoms with Gasteiger partial charge in [-0.3, -0.25) is 4.79 Å². The summed E-state index contributed by atoms with van der Waals surface area (Å²) in [5.41, 5.74) is 0. The zero-order chi connectivity index (χ0) is 48.9. The summed E-state index contributed by atoms with van der Waals surface area (Å²) in [6.45, 7) is 2.72. The SMILES string of the molecule is CC/C=C\C/C=C\C/C=C\C/C=C\CCCCCCCCCCC(=O)NC(COC1OC(CO)C(OC2OC(CO)C(O)C(O)C2O)C(O)C1O)C(O)CCCCCCCCCCCCCC. The molecule has 12 atom stereocenters. The van der Waals surface area contributed by atoms with Crippen LogP contribution < -0.4 is 5.32 Å². The molecule has 14 nitrogen and oxygen atoms in total. The molecule has 2 rings (SSSR count). The van der Waals surface area contributed by atoms with Gasteiger partial charge in [-0.25, -0.2) is 0 Å². The van der Waals surface area contributed by atoms with Gasteiger partial charge >= 0.3 is 0 Å². The van der Waals surface area contributed by atoms with Crippen molar-refractivity contribution in [2.75, 3.05) is 19.8 Å². The van der Waals surface area contributed by atoms with Crippen LogP contribution in [0.15, 0.2) is 48.6 Å². The molecule has 12 unspecified atom stereocenters. The maximum atomic E-state index is 13.2. The molecule has 0 radical (unpaired) electrons. The van der Waals surface area contributed by atoms with E-state index in [2.05, 4.69) is 67.8 Å². The van der Waals surface area contributed by atoms with Gasteiger partial charge in [-0.15, -0.1) is 0 Å². The van der Waals surface area contributed by atoms with Crippen LogP contribution in [-0.2, 0) is 23.7 Å². The van der Waals surface area contributed by atoms with Crippen LogP contribution in [0.25, 0.3) is 0 Å². The van der Waals surface area contributed by atoms with Gasteiger partial charge in [0.2, 0.25) is 5.91 Å². The second-order valence-corrected chi connectivity index (χ2v) is 18.6. The Balaban J connectivity index is 1.79. The quantitative estimate of drug-likeness (QED) is 0.0218. The Kier molecular flexibility index (Phi) is 36.1. The van der Waals surface area contributed by atoms with Gasteiger partial charge in [0, 0.05) is 6.42 Å². The molecule has 0 spiro atoms. The van der Waals surface area contributed by atoms with Gasteiger partial charge in [-0.1, -0.05) is 178 Å². The van der Waals surface area contributed by atoms with E-state index >= 15 is 0 Å². The van der Waals surface area contributed by atoms with E-state index in [-0.39, 0.29) is 12.5 Å². The number of amides is 1. The molecule has 9 N–H and O–H groups in total. The van der Waals surface area contributed by atoms with Crippen molar-refractivity contribution in [1.29, 1.82) is 0 Å². The molecule has 2 heterocycles. The minimum Gasteiger partial charge on any atom is -0.394 e. The van der Waals surface area contributed by atoms with Crippen molar-refractivity contribution >= 4 is 5.91 Å². The second-order valence-electron chi connectivity index (χ2n) is 18.6. The number of nitrogens with one attached hydrogen (secondary N) is 1.